The van der Waals surface area contributed by atoms with E-state index in [2.05, 4.69) is 5.10 Å². The second kappa shape index (κ2) is 5.75. The molecule has 1 aliphatic heterocycles. The molecule has 9 heteroatoms. The zero-order valence-corrected chi connectivity index (χ0v) is 11.0. The van der Waals surface area contributed by atoms with Gasteiger partial charge in [-0.2, -0.15) is 4.68 Å². The summed E-state index contributed by atoms with van der Waals surface area (Å²) in [6.45, 7) is -0.489. The summed E-state index contributed by atoms with van der Waals surface area (Å²) in [6.07, 6.45) is -4.91. The van der Waals surface area contributed by atoms with Crippen molar-refractivity contribution in [1.29, 1.82) is 0 Å². The summed E-state index contributed by atoms with van der Waals surface area (Å²) < 4.78 is 16.0. The van der Waals surface area contributed by atoms with E-state index in [4.69, 9.17) is 19.3 Å². The molecule has 1 saturated heterocycles. The van der Waals surface area contributed by atoms with Crippen molar-refractivity contribution < 1.29 is 29.5 Å². The number of rotatable bonds is 4. The molecule has 1 aromatic heterocycles. The molecule has 0 aliphatic carbocycles. The number of hydrogen-bond donors (Lipinski definition) is 3. The molecule has 2 heterocycles. The number of aromatic nitrogens is 2. The van der Waals surface area contributed by atoms with E-state index in [1.807, 2.05) is 0 Å². The molecule has 1 fully saturated rings. The van der Waals surface area contributed by atoms with Gasteiger partial charge in [0.25, 0.3) is 11.4 Å². The molecule has 3 N–H and O–H groups in total. The lowest BCUT2D eigenvalue weighted by Gasteiger charge is -2.17. The van der Waals surface area contributed by atoms with E-state index in [9.17, 15) is 15.0 Å². The third-order valence-electron chi connectivity index (χ3n) is 3.06. The Kier molecular flexibility index (Phi) is 4.23. The van der Waals surface area contributed by atoms with Crippen LogP contribution in [-0.4, -0.2) is 64.2 Å². The van der Waals surface area contributed by atoms with E-state index in [0.29, 0.717) is 0 Å². The Bertz CT molecular complexity index is 532. The van der Waals surface area contributed by atoms with Gasteiger partial charge in [-0.25, -0.2) is 0 Å². The molecule has 112 valence electrons. The van der Waals surface area contributed by atoms with Gasteiger partial charge in [0.2, 0.25) is 0 Å². The average Bonchev–Trinajstić information content (AvgIpc) is 2.74. The molecule has 0 aromatic carbocycles. The number of nitrogens with zero attached hydrogens (tertiary/aromatic N) is 2. The smallest absolute Gasteiger partial charge is 0.274 e. The quantitative estimate of drug-likeness (QED) is 0.574. The fourth-order valence-electron chi connectivity index (χ4n) is 1.99. The molecule has 1 aromatic rings. The minimum Gasteiger partial charge on any atom is -0.491 e. The molecule has 20 heavy (non-hydrogen) atoms. The Hall–Kier alpha value is -1.68. The monoisotopic (exact) mass is 288 g/mol. The van der Waals surface area contributed by atoms with Gasteiger partial charge in [0, 0.05) is 0 Å². The van der Waals surface area contributed by atoms with Crippen LogP contribution in [0.3, 0.4) is 0 Å². The first-order valence-electron chi connectivity index (χ1n) is 5.87. The maximum atomic E-state index is 11.9. The van der Waals surface area contributed by atoms with Gasteiger partial charge in [0.15, 0.2) is 12.0 Å². The van der Waals surface area contributed by atoms with Gasteiger partial charge in [-0.05, 0) is 0 Å². The van der Waals surface area contributed by atoms with Crippen molar-refractivity contribution in [3.8, 4) is 11.6 Å². The molecule has 2 rings (SSSR count). The van der Waals surface area contributed by atoms with Crippen LogP contribution in [0.5, 0.6) is 11.6 Å². The fourth-order valence-corrected chi connectivity index (χ4v) is 1.99. The first-order valence-corrected chi connectivity index (χ1v) is 5.87. The maximum Gasteiger partial charge on any atom is 0.274 e. The topological polar surface area (TPSA) is 123 Å². The Morgan fingerprint density at radius 2 is 2.05 bits per heavy atom. The summed E-state index contributed by atoms with van der Waals surface area (Å²) >= 11 is 0. The minimum atomic E-state index is -1.39. The van der Waals surface area contributed by atoms with E-state index in [1.165, 1.54) is 14.2 Å². The summed E-state index contributed by atoms with van der Waals surface area (Å²) in [5.74, 6) is 0.172. The molecule has 0 bridgehead atoms. The lowest BCUT2D eigenvalue weighted by molar-refractivity contribution is -0.0616. The predicted molar refractivity (Wildman–Crippen MR) is 64.6 cm³/mol. The highest BCUT2D eigenvalue weighted by atomic mass is 16.6. The van der Waals surface area contributed by atoms with Crippen molar-refractivity contribution in [2.24, 2.45) is 0 Å². The number of methoxy groups -OCH3 is 2. The van der Waals surface area contributed by atoms with Gasteiger partial charge >= 0.3 is 0 Å². The Morgan fingerprint density at radius 1 is 1.35 bits per heavy atom. The molecule has 0 saturated carbocycles. The first-order chi connectivity index (χ1) is 9.53. The van der Waals surface area contributed by atoms with Crippen molar-refractivity contribution in [3.05, 3.63) is 16.4 Å². The number of hydrogen-bond acceptors (Lipinski definition) is 8. The molecule has 0 amide bonds. The van der Waals surface area contributed by atoms with Gasteiger partial charge in [-0.15, -0.1) is 5.10 Å². The normalized spacial score (nSPS) is 29.4. The van der Waals surface area contributed by atoms with Crippen LogP contribution in [0, 0.1) is 0 Å². The third-order valence-corrected chi connectivity index (χ3v) is 3.06. The summed E-state index contributed by atoms with van der Waals surface area (Å²) in [7, 11) is 2.70. The first kappa shape index (κ1) is 14.7. The van der Waals surface area contributed by atoms with E-state index < -0.39 is 36.7 Å². The molecule has 1 aliphatic rings. The van der Waals surface area contributed by atoms with Crippen molar-refractivity contribution in [3.63, 3.8) is 0 Å². The van der Waals surface area contributed by atoms with E-state index in [1.54, 1.807) is 0 Å². The lowest BCUT2D eigenvalue weighted by Crippen LogP contribution is -2.36. The summed E-state index contributed by atoms with van der Waals surface area (Å²) in [5.41, 5.74) is -0.600. The number of ether oxygens (including phenoxy) is 3. The molecule has 9 nitrogen and oxygen atoms in total. The second-order valence-corrected chi connectivity index (χ2v) is 4.23. The van der Waals surface area contributed by atoms with Gasteiger partial charge in [-0.3, -0.25) is 4.79 Å². The largest absolute Gasteiger partial charge is 0.491 e. The van der Waals surface area contributed by atoms with Crippen LogP contribution in [-0.2, 0) is 4.74 Å². The molecular weight excluding hydrogens is 272 g/mol. The lowest BCUT2D eigenvalue weighted by atomic mass is 10.1. The SMILES string of the molecule is COc1cc(=O)n([C@@H]2O[C@H](CO)[C@@H](O)[C@H]2O)nc1OC. The molecule has 0 spiro atoms. The van der Waals surface area contributed by atoms with Gasteiger partial charge in [0.1, 0.15) is 18.3 Å². The number of aliphatic hydroxyl groups excluding tert-OH is 3. The maximum absolute atomic E-state index is 11.9. The van der Waals surface area contributed by atoms with Crippen LogP contribution in [0.1, 0.15) is 6.23 Å². The van der Waals surface area contributed by atoms with Gasteiger partial charge < -0.3 is 29.5 Å². The van der Waals surface area contributed by atoms with Crippen molar-refractivity contribution in [2.75, 3.05) is 20.8 Å². The molecule has 0 radical (unpaired) electrons. The average molecular weight is 288 g/mol. The minimum absolute atomic E-state index is 0.0323. The highest BCUT2D eigenvalue weighted by Crippen LogP contribution is 2.29. The highest BCUT2D eigenvalue weighted by molar-refractivity contribution is 5.30. The Morgan fingerprint density at radius 3 is 2.55 bits per heavy atom. The molecule has 4 atom stereocenters. The van der Waals surface area contributed by atoms with Crippen LogP contribution in [0.25, 0.3) is 0 Å². The van der Waals surface area contributed by atoms with Crippen LogP contribution in [0.2, 0.25) is 0 Å². The summed E-state index contributed by atoms with van der Waals surface area (Å²) in [6, 6.07) is 1.13. The zero-order valence-electron chi connectivity index (χ0n) is 11.0. The van der Waals surface area contributed by atoms with Crippen LogP contribution < -0.4 is 15.0 Å². The summed E-state index contributed by atoms with van der Waals surface area (Å²) in [4.78, 5) is 11.9. The second-order valence-electron chi connectivity index (χ2n) is 4.23. The van der Waals surface area contributed by atoms with Crippen LogP contribution in [0.15, 0.2) is 10.9 Å². The van der Waals surface area contributed by atoms with Gasteiger partial charge in [0.05, 0.1) is 26.9 Å². The highest BCUT2D eigenvalue weighted by Gasteiger charge is 2.44. The standard InChI is InChI=1S/C11H16N2O7/c1-18-5-3-7(15)13(12-10(5)19-2)11-9(17)8(16)6(4-14)20-11/h3,6,8-9,11,14,16-17H,4H2,1-2H3/t6-,8-,9-,11-/m1/s1. The predicted octanol–water partition coefficient (Wildman–Crippen LogP) is -2.13. The van der Waals surface area contributed by atoms with E-state index in [-0.39, 0.29) is 11.6 Å². The van der Waals surface area contributed by atoms with Gasteiger partial charge in [-0.1, -0.05) is 0 Å². The van der Waals surface area contributed by atoms with Crippen molar-refractivity contribution >= 4 is 0 Å². The molecule has 0 unspecified atom stereocenters. The Balaban J connectivity index is 2.41. The van der Waals surface area contributed by atoms with Crippen LogP contribution >= 0.6 is 0 Å². The zero-order chi connectivity index (χ0) is 14.9. The van der Waals surface area contributed by atoms with Crippen LogP contribution in [0.4, 0.5) is 0 Å². The summed E-state index contributed by atoms with van der Waals surface area (Å²) in [5, 5.41) is 32.4. The van der Waals surface area contributed by atoms with Crippen molar-refractivity contribution in [1.82, 2.24) is 9.78 Å². The number of aliphatic hydroxyl groups is 3. The van der Waals surface area contributed by atoms with E-state index in [0.717, 1.165) is 10.7 Å². The fraction of sp³-hybridized carbons (Fsp3) is 0.636. The third kappa shape index (κ3) is 2.36. The van der Waals surface area contributed by atoms with Crippen molar-refractivity contribution in [2.45, 2.75) is 24.5 Å². The Labute approximate surface area is 113 Å². The van der Waals surface area contributed by atoms with E-state index >= 15 is 0 Å². The molecular formula is C11H16N2O7.